The molecule has 0 radical (unpaired) electrons. The van der Waals surface area contributed by atoms with Gasteiger partial charge in [0.25, 0.3) is 5.91 Å². The molecule has 23 heavy (non-hydrogen) atoms. The number of aryl methyl sites for hydroxylation is 1. The first-order chi connectivity index (χ1) is 10.8. The van der Waals surface area contributed by atoms with Gasteiger partial charge >= 0.3 is 0 Å². The molecule has 1 atom stereocenters. The fourth-order valence-corrected chi connectivity index (χ4v) is 2.46. The summed E-state index contributed by atoms with van der Waals surface area (Å²) in [4.78, 5) is 12.4. The van der Waals surface area contributed by atoms with Gasteiger partial charge in [0.15, 0.2) is 0 Å². The van der Waals surface area contributed by atoms with Gasteiger partial charge in [-0.2, -0.15) is 0 Å². The van der Waals surface area contributed by atoms with Crippen LogP contribution in [0.3, 0.4) is 0 Å². The Bertz CT molecular complexity index is 700. The van der Waals surface area contributed by atoms with E-state index in [1.165, 1.54) is 0 Å². The van der Waals surface area contributed by atoms with Crippen molar-refractivity contribution in [1.82, 2.24) is 5.32 Å². The fourth-order valence-electron chi connectivity index (χ4n) is 1.95. The summed E-state index contributed by atoms with van der Waals surface area (Å²) < 4.78 is -1.75. The number of carbonyl (C=O) groups is 1. The van der Waals surface area contributed by atoms with Crippen molar-refractivity contribution in [2.45, 2.75) is 16.9 Å². The van der Waals surface area contributed by atoms with E-state index < -0.39 is 9.96 Å². The summed E-state index contributed by atoms with van der Waals surface area (Å²) in [5.41, 5.74) is 2.07. The first kappa shape index (κ1) is 18.2. The number of amides is 1. The molecule has 0 bridgehead atoms. The average Bonchev–Trinajstić information content (AvgIpc) is 2.45. The summed E-state index contributed by atoms with van der Waals surface area (Å²) in [6.07, 6.45) is -0.932. The molecular formula is C16H14Cl4N2O. The highest BCUT2D eigenvalue weighted by Crippen LogP contribution is 2.31. The number of anilines is 1. The predicted octanol–water partition coefficient (Wildman–Crippen LogP) is 5.19. The zero-order valence-corrected chi connectivity index (χ0v) is 15.1. The average molecular weight is 392 g/mol. The van der Waals surface area contributed by atoms with Gasteiger partial charge in [-0.05, 0) is 37.3 Å². The van der Waals surface area contributed by atoms with Crippen LogP contribution in [0.4, 0.5) is 5.69 Å². The summed E-state index contributed by atoms with van der Waals surface area (Å²) in [6, 6.07) is 14.0. The lowest BCUT2D eigenvalue weighted by Gasteiger charge is -2.27. The lowest BCUT2D eigenvalue weighted by Crippen LogP contribution is -2.49. The van der Waals surface area contributed by atoms with Gasteiger partial charge in [-0.15, -0.1) is 0 Å². The Kier molecular flexibility index (Phi) is 6.04. The van der Waals surface area contributed by atoms with E-state index in [4.69, 9.17) is 46.4 Å². The third-order valence-corrected chi connectivity index (χ3v) is 3.91. The van der Waals surface area contributed by atoms with Gasteiger partial charge in [0.1, 0.15) is 6.17 Å². The molecular weight excluding hydrogens is 378 g/mol. The summed E-state index contributed by atoms with van der Waals surface area (Å²) in [5, 5.41) is 6.17. The van der Waals surface area contributed by atoms with E-state index in [1.807, 2.05) is 13.0 Å². The first-order valence-electron chi connectivity index (χ1n) is 6.72. The van der Waals surface area contributed by atoms with Gasteiger partial charge in [-0.25, -0.2) is 0 Å². The van der Waals surface area contributed by atoms with E-state index in [1.54, 1.807) is 42.5 Å². The third-order valence-electron chi connectivity index (χ3n) is 3.02. The van der Waals surface area contributed by atoms with Crippen LogP contribution in [0.2, 0.25) is 5.02 Å². The molecule has 0 aromatic heterocycles. The Morgan fingerprint density at radius 1 is 1.09 bits per heavy atom. The van der Waals surface area contributed by atoms with Crippen LogP contribution in [0.15, 0.2) is 48.5 Å². The molecule has 2 aromatic rings. The van der Waals surface area contributed by atoms with Crippen molar-refractivity contribution in [1.29, 1.82) is 0 Å². The Morgan fingerprint density at radius 3 is 2.39 bits per heavy atom. The third kappa shape index (κ3) is 5.47. The smallest absolute Gasteiger partial charge is 0.252 e. The van der Waals surface area contributed by atoms with Gasteiger partial charge in [0, 0.05) is 16.3 Å². The van der Waals surface area contributed by atoms with Crippen molar-refractivity contribution in [3.8, 4) is 0 Å². The minimum Gasteiger partial charge on any atom is -0.362 e. The molecule has 3 nitrogen and oxygen atoms in total. The molecule has 1 amide bonds. The number of benzene rings is 2. The van der Waals surface area contributed by atoms with E-state index in [9.17, 15) is 4.79 Å². The molecule has 2 aromatic carbocycles. The zero-order chi connectivity index (χ0) is 17.0. The topological polar surface area (TPSA) is 41.1 Å². The Balaban J connectivity index is 2.18. The maximum Gasteiger partial charge on any atom is 0.252 e. The summed E-state index contributed by atoms with van der Waals surface area (Å²) >= 11 is 23.9. The van der Waals surface area contributed by atoms with Crippen LogP contribution in [0, 0.1) is 6.92 Å². The minimum atomic E-state index is -1.75. The number of hydrogen-bond donors (Lipinski definition) is 2. The van der Waals surface area contributed by atoms with Crippen LogP contribution < -0.4 is 10.6 Å². The van der Waals surface area contributed by atoms with E-state index in [0.29, 0.717) is 16.3 Å². The maximum absolute atomic E-state index is 12.4. The van der Waals surface area contributed by atoms with Crippen molar-refractivity contribution < 1.29 is 4.79 Å². The normalized spacial score (nSPS) is 12.6. The summed E-state index contributed by atoms with van der Waals surface area (Å²) in [6.45, 7) is 1.90. The quantitative estimate of drug-likeness (QED) is 0.556. The molecule has 0 fully saturated rings. The Morgan fingerprint density at radius 2 is 1.78 bits per heavy atom. The van der Waals surface area contributed by atoms with Gasteiger partial charge in [-0.3, -0.25) is 4.79 Å². The summed E-state index contributed by atoms with van der Waals surface area (Å²) in [5.74, 6) is -0.348. The van der Waals surface area contributed by atoms with Crippen molar-refractivity contribution in [2.75, 3.05) is 5.32 Å². The molecule has 7 heteroatoms. The van der Waals surface area contributed by atoms with Crippen LogP contribution in [0.5, 0.6) is 0 Å². The Labute approximate surface area is 154 Å². The van der Waals surface area contributed by atoms with Gasteiger partial charge in [-0.1, -0.05) is 70.2 Å². The second kappa shape index (κ2) is 7.63. The lowest BCUT2D eigenvalue weighted by molar-refractivity contribution is 0.0942. The van der Waals surface area contributed by atoms with E-state index in [0.717, 1.165) is 5.56 Å². The molecule has 0 saturated carbocycles. The largest absolute Gasteiger partial charge is 0.362 e. The highest BCUT2D eigenvalue weighted by molar-refractivity contribution is 6.68. The molecule has 1 unspecified atom stereocenters. The molecule has 0 aliphatic rings. The van der Waals surface area contributed by atoms with Crippen molar-refractivity contribution >= 4 is 58.0 Å². The van der Waals surface area contributed by atoms with Crippen LogP contribution in [-0.2, 0) is 0 Å². The number of rotatable bonds is 4. The van der Waals surface area contributed by atoms with E-state index in [-0.39, 0.29) is 5.91 Å². The fraction of sp³-hybridized carbons (Fsp3) is 0.188. The number of carbonyl (C=O) groups excluding carboxylic acids is 1. The number of alkyl halides is 3. The van der Waals surface area contributed by atoms with E-state index >= 15 is 0 Å². The molecule has 0 aliphatic heterocycles. The predicted molar refractivity (Wildman–Crippen MR) is 97.8 cm³/mol. The SMILES string of the molecule is Cc1cccc(C(=O)NC(Nc2cccc(Cl)c2)C(Cl)(Cl)Cl)c1. The van der Waals surface area contributed by atoms with Crippen molar-refractivity contribution in [3.05, 3.63) is 64.7 Å². The van der Waals surface area contributed by atoms with Gasteiger partial charge in [0.2, 0.25) is 3.79 Å². The van der Waals surface area contributed by atoms with Gasteiger partial charge < -0.3 is 10.6 Å². The van der Waals surface area contributed by atoms with Crippen LogP contribution >= 0.6 is 46.4 Å². The van der Waals surface area contributed by atoms with Crippen molar-refractivity contribution in [2.24, 2.45) is 0 Å². The molecule has 2 rings (SSSR count). The monoisotopic (exact) mass is 390 g/mol. The number of nitrogens with one attached hydrogen (secondary N) is 2. The zero-order valence-electron chi connectivity index (χ0n) is 12.1. The number of halogens is 4. The second-order valence-electron chi connectivity index (χ2n) is 4.97. The number of hydrogen-bond acceptors (Lipinski definition) is 2. The van der Waals surface area contributed by atoms with Crippen LogP contribution in [-0.4, -0.2) is 15.9 Å². The molecule has 0 heterocycles. The second-order valence-corrected chi connectivity index (χ2v) is 7.78. The standard InChI is InChI=1S/C16H14Cl4N2O/c1-10-4-2-5-11(8-10)14(23)22-15(16(18,19)20)21-13-7-3-6-12(17)9-13/h2-9,15,21H,1H3,(H,22,23). The summed E-state index contributed by atoms with van der Waals surface area (Å²) in [7, 11) is 0. The first-order valence-corrected chi connectivity index (χ1v) is 8.23. The Hall–Kier alpha value is -1.13. The molecule has 2 N–H and O–H groups in total. The molecule has 122 valence electrons. The van der Waals surface area contributed by atoms with Gasteiger partial charge in [0.05, 0.1) is 0 Å². The lowest BCUT2D eigenvalue weighted by atomic mass is 10.1. The van der Waals surface area contributed by atoms with Crippen LogP contribution in [0.25, 0.3) is 0 Å². The highest BCUT2D eigenvalue weighted by Gasteiger charge is 2.34. The molecule has 0 aliphatic carbocycles. The molecule has 0 spiro atoms. The maximum atomic E-state index is 12.4. The van der Waals surface area contributed by atoms with Crippen molar-refractivity contribution in [3.63, 3.8) is 0 Å². The molecule has 0 saturated heterocycles. The van der Waals surface area contributed by atoms with Crippen LogP contribution in [0.1, 0.15) is 15.9 Å². The van der Waals surface area contributed by atoms with E-state index in [2.05, 4.69) is 10.6 Å². The minimum absolute atomic E-state index is 0.348. The highest BCUT2D eigenvalue weighted by atomic mass is 35.6.